The van der Waals surface area contributed by atoms with Crippen molar-refractivity contribution in [1.29, 1.82) is 0 Å². The number of ether oxygens (including phenoxy) is 2. The van der Waals surface area contributed by atoms with Crippen molar-refractivity contribution in [3.63, 3.8) is 0 Å². The van der Waals surface area contributed by atoms with Crippen LogP contribution in [0.3, 0.4) is 0 Å². The highest BCUT2D eigenvalue weighted by atomic mass is 32.2. The lowest BCUT2D eigenvalue weighted by Crippen LogP contribution is -2.28. The number of anilines is 1. The number of sulfonamides is 1. The standard InChI is InChI=1S/C16H26N2O5S/c1-12(2)23-10-6-9-17-16(19)14-11-13(7-8-15(14)22-4)18(3)24(5,20)21/h7-8,11-12H,6,9-10H2,1-5H3,(H,17,19). The summed E-state index contributed by atoms with van der Waals surface area (Å²) in [6.45, 7) is 4.92. The molecule has 0 spiro atoms. The van der Waals surface area contributed by atoms with E-state index in [1.165, 1.54) is 20.2 Å². The van der Waals surface area contributed by atoms with E-state index in [1.54, 1.807) is 12.1 Å². The van der Waals surface area contributed by atoms with Crippen LogP contribution in [0.15, 0.2) is 18.2 Å². The molecular formula is C16H26N2O5S. The summed E-state index contributed by atoms with van der Waals surface area (Å²) < 4.78 is 35.0. The fourth-order valence-electron chi connectivity index (χ4n) is 1.95. The highest BCUT2D eigenvalue weighted by Crippen LogP contribution is 2.25. The first-order valence-electron chi connectivity index (χ1n) is 7.68. The molecule has 0 atom stereocenters. The molecule has 1 aromatic rings. The van der Waals surface area contributed by atoms with Gasteiger partial charge >= 0.3 is 0 Å². The summed E-state index contributed by atoms with van der Waals surface area (Å²) in [5, 5.41) is 2.79. The average molecular weight is 358 g/mol. The minimum Gasteiger partial charge on any atom is -0.496 e. The smallest absolute Gasteiger partial charge is 0.255 e. The second-order valence-corrected chi connectivity index (χ2v) is 7.66. The molecular weight excluding hydrogens is 332 g/mol. The minimum atomic E-state index is -3.41. The molecule has 0 saturated heterocycles. The summed E-state index contributed by atoms with van der Waals surface area (Å²) in [5.41, 5.74) is 0.682. The van der Waals surface area contributed by atoms with Gasteiger partial charge in [-0.25, -0.2) is 8.42 Å². The molecule has 0 aromatic heterocycles. The Morgan fingerprint density at radius 3 is 2.54 bits per heavy atom. The molecule has 1 aromatic carbocycles. The molecule has 0 radical (unpaired) electrons. The number of nitrogens with one attached hydrogen (secondary N) is 1. The van der Waals surface area contributed by atoms with Crippen molar-refractivity contribution < 1.29 is 22.7 Å². The lowest BCUT2D eigenvalue weighted by molar-refractivity contribution is 0.0757. The first kappa shape index (κ1) is 20.2. The van der Waals surface area contributed by atoms with Crippen molar-refractivity contribution in [2.45, 2.75) is 26.4 Å². The second kappa shape index (κ2) is 8.89. The SMILES string of the molecule is COc1ccc(N(C)S(C)(=O)=O)cc1C(=O)NCCCOC(C)C. The topological polar surface area (TPSA) is 84.9 Å². The van der Waals surface area contributed by atoms with Gasteiger partial charge in [0, 0.05) is 20.2 Å². The summed E-state index contributed by atoms with van der Waals surface area (Å²) in [5.74, 6) is 0.0664. The van der Waals surface area contributed by atoms with E-state index in [-0.39, 0.29) is 17.6 Å². The third-order valence-electron chi connectivity index (χ3n) is 3.35. The van der Waals surface area contributed by atoms with Gasteiger partial charge in [0.15, 0.2) is 0 Å². The second-order valence-electron chi connectivity index (χ2n) is 5.64. The maximum absolute atomic E-state index is 12.3. The Bertz CT molecular complexity index is 658. The van der Waals surface area contributed by atoms with Gasteiger partial charge in [-0.3, -0.25) is 9.10 Å². The fourth-order valence-corrected chi connectivity index (χ4v) is 2.45. The molecule has 0 fully saturated rings. The third-order valence-corrected chi connectivity index (χ3v) is 4.55. The Hall–Kier alpha value is -1.80. The maximum atomic E-state index is 12.3. The number of nitrogens with zero attached hydrogens (tertiary/aromatic N) is 1. The molecule has 0 heterocycles. The van der Waals surface area contributed by atoms with Crippen molar-refractivity contribution in [2.75, 3.05) is 37.9 Å². The van der Waals surface area contributed by atoms with Crippen LogP contribution in [0, 0.1) is 0 Å². The van der Waals surface area contributed by atoms with Crippen molar-refractivity contribution >= 4 is 21.6 Å². The van der Waals surface area contributed by atoms with E-state index in [0.717, 1.165) is 10.6 Å². The third kappa shape index (κ3) is 6.01. The summed E-state index contributed by atoms with van der Waals surface area (Å²) in [7, 11) is -0.513. The van der Waals surface area contributed by atoms with Crippen LogP contribution in [-0.4, -0.2) is 54.0 Å². The first-order valence-corrected chi connectivity index (χ1v) is 9.53. The van der Waals surface area contributed by atoms with Gasteiger partial charge in [0.25, 0.3) is 5.91 Å². The molecule has 8 heteroatoms. The predicted molar refractivity (Wildman–Crippen MR) is 94.3 cm³/mol. The summed E-state index contributed by atoms with van der Waals surface area (Å²) in [6.07, 6.45) is 1.95. The zero-order chi connectivity index (χ0) is 18.3. The van der Waals surface area contributed by atoms with Crippen molar-refractivity contribution in [3.8, 4) is 5.75 Å². The van der Waals surface area contributed by atoms with Crippen LogP contribution < -0.4 is 14.4 Å². The van der Waals surface area contributed by atoms with E-state index in [2.05, 4.69) is 5.32 Å². The van der Waals surface area contributed by atoms with Gasteiger partial charge in [-0.1, -0.05) is 0 Å². The van der Waals surface area contributed by atoms with Crippen LogP contribution >= 0.6 is 0 Å². The van der Waals surface area contributed by atoms with E-state index in [9.17, 15) is 13.2 Å². The van der Waals surface area contributed by atoms with Crippen LogP contribution in [0.5, 0.6) is 5.75 Å². The van der Waals surface area contributed by atoms with Crippen molar-refractivity contribution in [3.05, 3.63) is 23.8 Å². The highest BCUT2D eigenvalue weighted by Gasteiger charge is 2.17. The van der Waals surface area contributed by atoms with Crippen LogP contribution in [0.2, 0.25) is 0 Å². The fraction of sp³-hybridized carbons (Fsp3) is 0.562. The Labute approximate surface area is 144 Å². The molecule has 24 heavy (non-hydrogen) atoms. The van der Waals surface area contributed by atoms with Gasteiger partial charge in [-0.2, -0.15) is 0 Å². The Balaban J connectivity index is 2.82. The maximum Gasteiger partial charge on any atom is 0.255 e. The summed E-state index contributed by atoms with van der Waals surface area (Å²) >= 11 is 0. The molecule has 7 nitrogen and oxygen atoms in total. The van der Waals surface area contributed by atoms with E-state index < -0.39 is 10.0 Å². The van der Waals surface area contributed by atoms with Gasteiger partial charge in [0.05, 0.1) is 30.7 Å². The molecule has 0 aliphatic carbocycles. The van der Waals surface area contributed by atoms with E-state index in [4.69, 9.17) is 9.47 Å². The largest absolute Gasteiger partial charge is 0.496 e. The molecule has 0 aliphatic heterocycles. The number of rotatable bonds is 9. The van der Waals surface area contributed by atoms with Crippen molar-refractivity contribution in [1.82, 2.24) is 5.32 Å². The molecule has 1 amide bonds. The normalized spacial score (nSPS) is 11.4. The first-order chi connectivity index (χ1) is 11.2. The van der Waals surface area contributed by atoms with Crippen LogP contribution in [0.25, 0.3) is 0 Å². The van der Waals surface area contributed by atoms with Crippen LogP contribution in [0.4, 0.5) is 5.69 Å². The quantitative estimate of drug-likeness (QED) is 0.678. The van der Waals surface area contributed by atoms with Crippen molar-refractivity contribution in [2.24, 2.45) is 0 Å². The number of benzene rings is 1. The van der Waals surface area contributed by atoms with E-state index >= 15 is 0 Å². The predicted octanol–water partition coefficient (Wildman–Crippen LogP) is 1.64. The van der Waals surface area contributed by atoms with Gasteiger partial charge in [-0.15, -0.1) is 0 Å². The van der Waals surface area contributed by atoms with Crippen LogP contribution in [-0.2, 0) is 14.8 Å². The Morgan fingerprint density at radius 2 is 2.00 bits per heavy atom. The number of carbonyl (C=O) groups is 1. The minimum absolute atomic E-state index is 0.156. The number of hydrogen-bond acceptors (Lipinski definition) is 5. The zero-order valence-corrected chi connectivity index (χ0v) is 15.6. The van der Waals surface area contributed by atoms with E-state index in [0.29, 0.717) is 31.0 Å². The zero-order valence-electron chi connectivity index (χ0n) is 14.8. The molecule has 0 aliphatic rings. The lowest BCUT2D eigenvalue weighted by Gasteiger charge is -2.18. The number of hydrogen-bond donors (Lipinski definition) is 1. The van der Waals surface area contributed by atoms with E-state index in [1.807, 2.05) is 13.8 Å². The molecule has 0 bridgehead atoms. The average Bonchev–Trinajstić information content (AvgIpc) is 2.51. The summed E-state index contributed by atoms with van der Waals surface area (Å²) in [6, 6.07) is 4.67. The molecule has 0 unspecified atom stereocenters. The molecule has 0 saturated carbocycles. The molecule has 1 rings (SSSR count). The lowest BCUT2D eigenvalue weighted by atomic mass is 10.1. The summed E-state index contributed by atoms with van der Waals surface area (Å²) in [4.78, 5) is 12.3. The van der Waals surface area contributed by atoms with Gasteiger partial charge in [-0.05, 0) is 38.5 Å². The monoisotopic (exact) mass is 358 g/mol. The molecule has 136 valence electrons. The van der Waals surface area contributed by atoms with Gasteiger partial charge < -0.3 is 14.8 Å². The Morgan fingerprint density at radius 1 is 1.33 bits per heavy atom. The highest BCUT2D eigenvalue weighted by molar-refractivity contribution is 7.92. The van der Waals surface area contributed by atoms with Gasteiger partial charge in [0.1, 0.15) is 5.75 Å². The van der Waals surface area contributed by atoms with Crippen LogP contribution in [0.1, 0.15) is 30.6 Å². The molecule has 1 N–H and O–H groups in total. The number of methoxy groups -OCH3 is 1. The van der Waals surface area contributed by atoms with Gasteiger partial charge in [0.2, 0.25) is 10.0 Å². The number of carbonyl (C=O) groups excluding carboxylic acids is 1. The Kier molecular flexibility index (Phi) is 7.50. The number of amides is 1.